The molecule has 0 heterocycles. The van der Waals surface area contributed by atoms with Crippen molar-refractivity contribution >= 4 is 5.69 Å². The van der Waals surface area contributed by atoms with Gasteiger partial charge in [-0.25, -0.2) is 0 Å². The molecule has 0 spiro atoms. The van der Waals surface area contributed by atoms with Crippen molar-refractivity contribution in [2.24, 2.45) is 11.7 Å². The highest BCUT2D eigenvalue weighted by Crippen LogP contribution is 2.24. The number of rotatable bonds is 6. The van der Waals surface area contributed by atoms with Gasteiger partial charge in [0.1, 0.15) is 0 Å². The number of hydrogen-bond donors (Lipinski definition) is 1. The van der Waals surface area contributed by atoms with Gasteiger partial charge in [-0.2, -0.15) is 0 Å². The summed E-state index contributed by atoms with van der Waals surface area (Å²) in [4.78, 5) is 2.39. The lowest BCUT2D eigenvalue weighted by molar-refractivity contribution is 0.503. The highest BCUT2D eigenvalue weighted by molar-refractivity contribution is 5.54. The third kappa shape index (κ3) is 4.87. The van der Waals surface area contributed by atoms with E-state index in [0.717, 1.165) is 12.3 Å². The maximum atomic E-state index is 5.86. The van der Waals surface area contributed by atoms with E-state index in [1.165, 1.54) is 23.2 Å². The molecule has 1 aromatic rings. The normalized spacial score (nSPS) is 14.5. The van der Waals surface area contributed by atoms with Crippen LogP contribution in [0.25, 0.3) is 0 Å². The van der Waals surface area contributed by atoms with Gasteiger partial charge in [0.05, 0.1) is 0 Å². The first kappa shape index (κ1) is 16.0. The van der Waals surface area contributed by atoms with E-state index in [2.05, 4.69) is 64.8 Å². The lowest BCUT2D eigenvalue weighted by Crippen LogP contribution is -2.30. The Balaban J connectivity index is 2.83. The van der Waals surface area contributed by atoms with Gasteiger partial charge >= 0.3 is 0 Å². The van der Waals surface area contributed by atoms with Crippen LogP contribution >= 0.6 is 0 Å². The van der Waals surface area contributed by atoms with Crippen LogP contribution < -0.4 is 10.6 Å². The van der Waals surface area contributed by atoms with E-state index >= 15 is 0 Å². The fourth-order valence-corrected chi connectivity index (χ4v) is 2.69. The smallest absolute Gasteiger partial charge is 0.0395 e. The molecule has 1 aromatic carbocycles. The second-order valence-electron chi connectivity index (χ2n) is 6.39. The predicted octanol–water partition coefficient (Wildman–Crippen LogP) is 3.76. The van der Waals surface area contributed by atoms with Crippen molar-refractivity contribution in [3.05, 3.63) is 29.3 Å². The zero-order valence-corrected chi connectivity index (χ0v) is 13.4. The molecule has 0 radical (unpaired) electrons. The minimum absolute atomic E-state index is 0.225. The van der Waals surface area contributed by atoms with E-state index in [1.54, 1.807) is 0 Å². The van der Waals surface area contributed by atoms with Crippen molar-refractivity contribution in [3.63, 3.8) is 0 Å². The van der Waals surface area contributed by atoms with Crippen LogP contribution in [0.15, 0.2) is 18.2 Å². The number of nitrogens with zero attached hydrogens (tertiary/aromatic N) is 1. The maximum Gasteiger partial charge on any atom is 0.0395 e. The Kier molecular flexibility index (Phi) is 5.86. The summed E-state index contributed by atoms with van der Waals surface area (Å²) in [7, 11) is 2.20. The summed E-state index contributed by atoms with van der Waals surface area (Å²) in [5, 5.41) is 0. The Morgan fingerprint density at radius 2 is 1.79 bits per heavy atom. The number of hydrogen-bond acceptors (Lipinski definition) is 2. The SMILES string of the molecule is Cc1cc(CC(C)N)ccc1N(C)C(C)CC(C)C. The lowest BCUT2D eigenvalue weighted by Gasteiger charge is -2.30. The van der Waals surface area contributed by atoms with Gasteiger partial charge in [0.15, 0.2) is 0 Å². The number of aryl methyl sites for hydroxylation is 1. The Morgan fingerprint density at radius 1 is 1.16 bits per heavy atom. The Hall–Kier alpha value is -1.02. The molecule has 2 N–H and O–H groups in total. The third-order valence-corrected chi connectivity index (χ3v) is 3.67. The van der Waals surface area contributed by atoms with Crippen LogP contribution in [0.4, 0.5) is 5.69 Å². The molecule has 0 aliphatic carbocycles. The van der Waals surface area contributed by atoms with Gasteiger partial charge in [0.2, 0.25) is 0 Å². The van der Waals surface area contributed by atoms with Crippen LogP contribution in [0.3, 0.4) is 0 Å². The van der Waals surface area contributed by atoms with Crippen LogP contribution in [0.2, 0.25) is 0 Å². The molecule has 0 aromatic heterocycles. The first-order valence-electron chi connectivity index (χ1n) is 7.39. The highest BCUT2D eigenvalue weighted by atomic mass is 15.1. The summed E-state index contributed by atoms with van der Waals surface area (Å²) in [6, 6.07) is 7.52. The fourth-order valence-electron chi connectivity index (χ4n) is 2.69. The number of nitrogens with two attached hydrogens (primary N) is 1. The van der Waals surface area contributed by atoms with Crippen molar-refractivity contribution in [1.29, 1.82) is 0 Å². The predicted molar refractivity (Wildman–Crippen MR) is 85.9 cm³/mol. The summed E-state index contributed by atoms with van der Waals surface area (Å²) in [6.45, 7) is 11.1. The Bertz CT molecular complexity index is 396. The molecule has 0 bridgehead atoms. The molecule has 2 nitrogen and oxygen atoms in total. The van der Waals surface area contributed by atoms with Crippen LogP contribution in [-0.4, -0.2) is 19.1 Å². The molecule has 2 atom stereocenters. The van der Waals surface area contributed by atoms with Crippen LogP contribution in [0, 0.1) is 12.8 Å². The molecule has 0 saturated heterocycles. The summed E-state index contributed by atoms with van der Waals surface area (Å²) in [5.74, 6) is 0.732. The van der Waals surface area contributed by atoms with Gasteiger partial charge < -0.3 is 10.6 Å². The van der Waals surface area contributed by atoms with Crippen LogP contribution in [0.1, 0.15) is 45.2 Å². The van der Waals surface area contributed by atoms with Gasteiger partial charge in [0, 0.05) is 24.8 Å². The van der Waals surface area contributed by atoms with Gasteiger partial charge in [-0.05, 0) is 56.7 Å². The molecule has 0 fully saturated rings. The van der Waals surface area contributed by atoms with Crippen molar-refractivity contribution < 1.29 is 0 Å². The Morgan fingerprint density at radius 3 is 2.26 bits per heavy atom. The molecule has 0 amide bonds. The van der Waals surface area contributed by atoms with E-state index in [4.69, 9.17) is 5.73 Å². The van der Waals surface area contributed by atoms with Crippen LogP contribution in [-0.2, 0) is 6.42 Å². The summed E-state index contributed by atoms with van der Waals surface area (Å²) < 4.78 is 0. The third-order valence-electron chi connectivity index (χ3n) is 3.67. The summed E-state index contributed by atoms with van der Waals surface area (Å²) in [5.41, 5.74) is 9.88. The number of anilines is 1. The van der Waals surface area contributed by atoms with Gasteiger partial charge in [0.25, 0.3) is 0 Å². The second kappa shape index (κ2) is 6.95. The lowest BCUT2D eigenvalue weighted by atomic mass is 10.0. The van der Waals surface area contributed by atoms with Crippen molar-refractivity contribution in [2.75, 3.05) is 11.9 Å². The largest absolute Gasteiger partial charge is 0.372 e. The number of benzene rings is 1. The molecule has 2 unspecified atom stereocenters. The van der Waals surface area contributed by atoms with Crippen LogP contribution in [0.5, 0.6) is 0 Å². The molecule has 0 saturated carbocycles. The standard InChI is InChI=1S/C17H30N2/c1-12(2)9-15(5)19(6)17-8-7-16(10-13(17)3)11-14(4)18/h7-8,10,12,14-15H,9,11,18H2,1-6H3. The highest BCUT2D eigenvalue weighted by Gasteiger charge is 2.13. The molecule has 0 aliphatic heterocycles. The molecular weight excluding hydrogens is 232 g/mol. The quantitative estimate of drug-likeness (QED) is 0.846. The molecule has 108 valence electrons. The molecule has 2 heteroatoms. The maximum absolute atomic E-state index is 5.86. The minimum Gasteiger partial charge on any atom is -0.372 e. The van der Waals surface area contributed by atoms with E-state index in [9.17, 15) is 0 Å². The van der Waals surface area contributed by atoms with E-state index < -0.39 is 0 Å². The first-order valence-corrected chi connectivity index (χ1v) is 7.39. The van der Waals surface area contributed by atoms with Crippen molar-refractivity contribution in [1.82, 2.24) is 0 Å². The zero-order chi connectivity index (χ0) is 14.6. The van der Waals surface area contributed by atoms with E-state index in [0.29, 0.717) is 6.04 Å². The minimum atomic E-state index is 0.225. The average molecular weight is 262 g/mol. The average Bonchev–Trinajstić information content (AvgIpc) is 2.26. The molecule has 0 aliphatic rings. The van der Waals surface area contributed by atoms with E-state index in [-0.39, 0.29) is 6.04 Å². The van der Waals surface area contributed by atoms with Crippen molar-refractivity contribution in [2.45, 2.75) is 59.5 Å². The van der Waals surface area contributed by atoms with E-state index in [1.807, 2.05) is 0 Å². The van der Waals surface area contributed by atoms with Crippen molar-refractivity contribution in [3.8, 4) is 0 Å². The first-order chi connectivity index (χ1) is 8.81. The summed E-state index contributed by atoms with van der Waals surface area (Å²) in [6.07, 6.45) is 2.17. The molecular formula is C17H30N2. The van der Waals surface area contributed by atoms with Gasteiger partial charge in [-0.1, -0.05) is 26.0 Å². The molecule has 1 rings (SSSR count). The monoisotopic (exact) mass is 262 g/mol. The van der Waals surface area contributed by atoms with Gasteiger partial charge in [-0.3, -0.25) is 0 Å². The summed E-state index contributed by atoms with van der Waals surface area (Å²) >= 11 is 0. The Labute approximate surface area is 119 Å². The van der Waals surface area contributed by atoms with Gasteiger partial charge in [-0.15, -0.1) is 0 Å². The second-order valence-corrected chi connectivity index (χ2v) is 6.39. The topological polar surface area (TPSA) is 29.3 Å². The molecule has 19 heavy (non-hydrogen) atoms. The fraction of sp³-hybridized carbons (Fsp3) is 0.647. The zero-order valence-electron chi connectivity index (χ0n) is 13.4.